The molecule has 0 spiro atoms. The van der Waals surface area contributed by atoms with Gasteiger partial charge in [-0.05, 0) is 39.7 Å². The molecule has 4 aliphatic rings. The minimum absolute atomic E-state index is 0.154. The van der Waals surface area contributed by atoms with Crippen LogP contribution in [0.4, 0.5) is 4.39 Å². The lowest BCUT2D eigenvalue weighted by atomic mass is 10.0. The maximum atomic E-state index is 14.6. The van der Waals surface area contributed by atoms with E-state index in [2.05, 4.69) is 41.9 Å². The number of aromatic nitrogens is 2. The second-order valence-electron chi connectivity index (χ2n) is 10.2. The summed E-state index contributed by atoms with van der Waals surface area (Å²) in [5.41, 5.74) is 2.22. The van der Waals surface area contributed by atoms with Gasteiger partial charge in [0.1, 0.15) is 29.7 Å². The number of hydrogen-bond donors (Lipinski definition) is 1. The fourth-order valence-electron chi connectivity index (χ4n) is 4.92. The van der Waals surface area contributed by atoms with Gasteiger partial charge in [-0.15, -0.1) is 0 Å². The highest BCUT2D eigenvalue weighted by molar-refractivity contribution is 6.40. The third-order valence-electron chi connectivity index (χ3n) is 7.31. The molecule has 1 aliphatic carbocycles. The zero-order valence-corrected chi connectivity index (χ0v) is 20.5. The topological polar surface area (TPSA) is 93.8 Å². The first-order valence-electron chi connectivity index (χ1n) is 12.4. The summed E-state index contributed by atoms with van der Waals surface area (Å²) in [5, 5.41) is 8.29. The maximum Gasteiger partial charge on any atom is 0.167 e. The minimum atomic E-state index is -0.381. The Morgan fingerprint density at radius 1 is 1.14 bits per heavy atom. The number of piperazine rings is 1. The van der Waals surface area contributed by atoms with Crippen molar-refractivity contribution < 1.29 is 9.13 Å². The van der Waals surface area contributed by atoms with E-state index in [4.69, 9.17) is 9.73 Å². The fourth-order valence-corrected chi connectivity index (χ4v) is 4.92. The molecule has 1 saturated heterocycles. The fraction of sp³-hybridized carbons (Fsp3) is 0.560. The van der Waals surface area contributed by atoms with E-state index in [0.29, 0.717) is 11.9 Å². The highest BCUT2D eigenvalue weighted by Gasteiger charge is 2.41. The van der Waals surface area contributed by atoms with E-state index in [9.17, 15) is 4.39 Å². The van der Waals surface area contributed by atoms with Gasteiger partial charge in [-0.25, -0.2) is 9.38 Å². The van der Waals surface area contributed by atoms with Crippen LogP contribution in [-0.4, -0.2) is 88.1 Å². The molecule has 2 atom stereocenters. The summed E-state index contributed by atoms with van der Waals surface area (Å²) in [7, 11) is 0. The molecule has 1 saturated carbocycles. The first kappa shape index (κ1) is 22.2. The van der Waals surface area contributed by atoms with Crippen molar-refractivity contribution in [1.82, 2.24) is 20.0 Å². The quantitative estimate of drug-likeness (QED) is 0.732. The molecule has 1 N–H and O–H groups in total. The lowest BCUT2D eigenvalue weighted by Gasteiger charge is -2.39. The number of nitrogens with one attached hydrogen (secondary N) is 1. The monoisotopic (exact) mass is 478 g/mol. The van der Waals surface area contributed by atoms with Crippen LogP contribution in [-0.2, 0) is 0 Å². The van der Waals surface area contributed by atoms with E-state index >= 15 is 0 Å². The number of aromatic amines is 1. The van der Waals surface area contributed by atoms with E-state index in [1.165, 1.54) is 6.07 Å². The van der Waals surface area contributed by atoms with E-state index in [-0.39, 0.29) is 29.3 Å². The summed E-state index contributed by atoms with van der Waals surface area (Å²) in [6, 6.07) is 3.29. The van der Waals surface area contributed by atoms with E-state index < -0.39 is 0 Å². The third kappa shape index (κ3) is 4.30. The van der Waals surface area contributed by atoms with Crippen LogP contribution in [0.1, 0.15) is 51.8 Å². The van der Waals surface area contributed by atoms with Gasteiger partial charge in [0, 0.05) is 44.1 Å². The molecule has 184 valence electrons. The molecule has 0 amide bonds. The largest absolute Gasteiger partial charge is 0.484 e. The van der Waals surface area contributed by atoms with Crippen molar-refractivity contribution in [2.45, 2.75) is 57.7 Å². The van der Waals surface area contributed by atoms with Crippen LogP contribution in [0, 0.1) is 5.82 Å². The first-order valence-corrected chi connectivity index (χ1v) is 12.4. The van der Waals surface area contributed by atoms with Gasteiger partial charge in [0.15, 0.2) is 11.6 Å². The number of benzene rings is 1. The predicted octanol–water partition coefficient (Wildman–Crippen LogP) is 3.38. The zero-order valence-electron chi connectivity index (χ0n) is 20.5. The standard InChI is InChI=1S/C25H31FN8O/c1-15-13-27-16(2)24(30-15)34-8-6-33(7-9-34)22-12-20(28-14-29-22)23-17-10-21(35-25(3)4-5-25)18(26)11-19(17)31-32-23/h10-11,14-15,20H,4-9,12-13H2,1-3H3,(H,31,32). The Morgan fingerprint density at radius 2 is 1.91 bits per heavy atom. The predicted molar refractivity (Wildman–Crippen MR) is 136 cm³/mol. The van der Waals surface area contributed by atoms with Crippen LogP contribution in [0.15, 0.2) is 32.1 Å². The van der Waals surface area contributed by atoms with Gasteiger partial charge >= 0.3 is 0 Å². The summed E-state index contributed by atoms with van der Waals surface area (Å²) in [5.74, 6) is 1.94. The number of fused-ring (bicyclic) bond motifs is 1. The highest BCUT2D eigenvalue weighted by atomic mass is 19.1. The van der Waals surface area contributed by atoms with Gasteiger partial charge in [-0.3, -0.25) is 20.1 Å². The Labute approximate surface area is 203 Å². The SMILES string of the molecule is CC1=NCC(C)N=C1N1CCN(C2=NC=NC(c3[nH]nc4cc(F)c(OC5(C)CC5)cc34)C2)CC1. The zero-order chi connectivity index (χ0) is 24.2. The minimum Gasteiger partial charge on any atom is -0.484 e. The number of hydrogen-bond acceptors (Lipinski definition) is 8. The number of amidine groups is 2. The van der Waals surface area contributed by atoms with E-state index in [1.54, 1.807) is 12.4 Å². The van der Waals surface area contributed by atoms with Crippen molar-refractivity contribution in [3.05, 3.63) is 23.6 Å². The van der Waals surface area contributed by atoms with Crippen molar-refractivity contribution in [3.63, 3.8) is 0 Å². The number of nitrogens with zero attached hydrogens (tertiary/aromatic N) is 7. The molecule has 2 aromatic rings. The van der Waals surface area contributed by atoms with Gasteiger partial charge < -0.3 is 14.5 Å². The van der Waals surface area contributed by atoms with Gasteiger partial charge in [0.2, 0.25) is 0 Å². The normalized spacial score (nSPS) is 25.9. The van der Waals surface area contributed by atoms with Crippen molar-refractivity contribution in [2.75, 3.05) is 32.7 Å². The Kier molecular flexibility index (Phi) is 5.34. The molecule has 3 aliphatic heterocycles. The van der Waals surface area contributed by atoms with Crippen molar-refractivity contribution >= 4 is 34.6 Å². The van der Waals surface area contributed by atoms with Gasteiger partial charge in [0.05, 0.1) is 29.5 Å². The van der Waals surface area contributed by atoms with Crippen molar-refractivity contribution in [1.29, 1.82) is 0 Å². The second-order valence-corrected chi connectivity index (χ2v) is 10.2. The molecule has 10 heteroatoms. The number of rotatable bonds is 3. The van der Waals surface area contributed by atoms with E-state index in [0.717, 1.165) is 74.0 Å². The average Bonchev–Trinajstić information content (AvgIpc) is 3.45. The maximum absolute atomic E-state index is 14.6. The van der Waals surface area contributed by atoms with Gasteiger partial charge in [-0.2, -0.15) is 5.10 Å². The van der Waals surface area contributed by atoms with Crippen LogP contribution in [0.3, 0.4) is 0 Å². The Balaban J connectivity index is 1.16. The molecule has 9 nitrogen and oxygen atoms in total. The van der Waals surface area contributed by atoms with Crippen molar-refractivity contribution in [3.8, 4) is 5.75 Å². The molecule has 1 aromatic carbocycles. The number of halogens is 1. The number of H-pyrrole nitrogens is 1. The van der Waals surface area contributed by atoms with Crippen LogP contribution in [0.2, 0.25) is 0 Å². The van der Waals surface area contributed by atoms with Crippen LogP contribution < -0.4 is 4.74 Å². The lowest BCUT2D eigenvalue weighted by molar-refractivity contribution is 0.191. The smallest absolute Gasteiger partial charge is 0.167 e. The molecule has 1 aromatic heterocycles. The van der Waals surface area contributed by atoms with Crippen molar-refractivity contribution in [2.24, 2.45) is 20.0 Å². The molecule has 2 unspecified atom stereocenters. The summed E-state index contributed by atoms with van der Waals surface area (Å²) in [6.07, 6.45) is 4.19. The Hall–Kier alpha value is -3.30. The van der Waals surface area contributed by atoms with Crippen LogP contribution in [0.25, 0.3) is 10.9 Å². The molecule has 4 heterocycles. The molecule has 2 fully saturated rings. The van der Waals surface area contributed by atoms with Gasteiger partial charge in [-0.1, -0.05) is 0 Å². The summed E-state index contributed by atoms with van der Waals surface area (Å²) < 4.78 is 20.5. The third-order valence-corrected chi connectivity index (χ3v) is 7.31. The van der Waals surface area contributed by atoms with Gasteiger partial charge in [0.25, 0.3) is 0 Å². The van der Waals surface area contributed by atoms with Crippen LogP contribution >= 0.6 is 0 Å². The molecular weight excluding hydrogens is 447 g/mol. The summed E-state index contributed by atoms with van der Waals surface area (Å²) in [6.45, 7) is 10.4. The lowest BCUT2D eigenvalue weighted by Crippen LogP contribution is -2.53. The summed E-state index contributed by atoms with van der Waals surface area (Å²) >= 11 is 0. The highest BCUT2D eigenvalue weighted by Crippen LogP contribution is 2.41. The molecule has 35 heavy (non-hydrogen) atoms. The van der Waals surface area contributed by atoms with Crippen LogP contribution in [0.5, 0.6) is 5.75 Å². The number of aliphatic imine (C=N–C) groups is 4. The molecule has 0 bridgehead atoms. The van der Waals surface area contributed by atoms with E-state index in [1.807, 2.05) is 13.8 Å². The summed E-state index contributed by atoms with van der Waals surface area (Å²) in [4.78, 5) is 23.3. The Bertz CT molecular complexity index is 1270. The average molecular weight is 479 g/mol. The first-order chi connectivity index (χ1) is 16.9. The number of ether oxygens (including phenoxy) is 1. The second kappa shape index (κ2) is 8.42. The molecule has 0 radical (unpaired) electrons. The molecule has 6 rings (SSSR count). The molecular formula is C25H31FN8O. The Morgan fingerprint density at radius 3 is 2.69 bits per heavy atom.